The molecule has 4 nitrogen and oxygen atoms in total. The SMILES string of the molecule is CCOC(=O)c1c(-c2ccc(F)cc2)csc1NC(=O)c1cccc(C(F)(F)F)c1. The first-order valence-corrected chi connectivity index (χ1v) is 9.61. The van der Waals surface area contributed by atoms with E-state index in [1.54, 1.807) is 12.3 Å². The molecule has 0 aliphatic carbocycles. The van der Waals surface area contributed by atoms with Crippen LogP contribution in [0, 0.1) is 5.82 Å². The van der Waals surface area contributed by atoms with E-state index in [1.807, 2.05) is 0 Å². The Morgan fingerprint density at radius 2 is 1.80 bits per heavy atom. The van der Waals surface area contributed by atoms with Crippen molar-refractivity contribution in [3.63, 3.8) is 0 Å². The number of halogens is 4. The molecule has 0 fully saturated rings. The van der Waals surface area contributed by atoms with Crippen LogP contribution in [0.25, 0.3) is 11.1 Å². The minimum absolute atomic E-state index is 0.0498. The highest BCUT2D eigenvalue weighted by Gasteiger charge is 2.31. The van der Waals surface area contributed by atoms with Gasteiger partial charge in [0.15, 0.2) is 0 Å². The van der Waals surface area contributed by atoms with Crippen LogP contribution in [-0.4, -0.2) is 18.5 Å². The van der Waals surface area contributed by atoms with Crippen LogP contribution in [0.5, 0.6) is 0 Å². The number of hydrogen-bond donors (Lipinski definition) is 1. The maximum Gasteiger partial charge on any atom is 0.416 e. The first kappa shape index (κ1) is 21.5. The number of ether oxygens (including phenoxy) is 1. The molecule has 0 aliphatic heterocycles. The first-order chi connectivity index (χ1) is 14.2. The maximum atomic E-state index is 13.2. The minimum Gasteiger partial charge on any atom is -0.462 e. The van der Waals surface area contributed by atoms with Gasteiger partial charge in [-0.1, -0.05) is 18.2 Å². The Morgan fingerprint density at radius 1 is 1.10 bits per heavy atom. The van der Waals surface area contributed by atoms with Gasteiger partial charge in [-0.15, -0.1) is 11.3 Å². The number of carbonyl (C=O) groups is 2. The number of carbonyl (C=O) groups excluding carboxylic acids is 2. The predicted octanol–water partition coefficient (Wildman–Crippen LogP) is 6.00. The van der Waals surface area contributed by atoms with Gasteiger partial charge in [-0.25, -0.2) is 9.18 Å². The summed E-state index contributed by atoms with van der Waals surface area (Å²) in [4.78, 5) is 25.0. The van der Waals surface area contributed by atoms with Gasteiger partial charge >= 0.3 is 12.1 Å². The molecule has 0 radical (unpaired) electrons. The molecule has 30 heavy (non-hydrogen) atoms. The van der Waals surface area contributed by atoms with E-state index in [2.05, 4.69) is 5.32 Å². The summed E-state index contributed by atoms with van der Waals surface area (Å²) in [6, 6.07) is 9.35. The fraction of sp³-hybridized carbons (Fsp3) is 0.143. The van der Waals surface area contributed by atoms with Gasteiger partial charge in [-0.05, 0) is 42.8 Å². The predicted molar refractivity (Wildman–Crippen MR) is 105 cm³/mol. The highest BCUT2D eigenvalue weighted by molar-refractivity contribution is 7.15. The summed E-state index contributed by atoms with van der Waals surface area (Å²) in [6.45, 7) is 1.70. The lowest BCUT2D eigenvalue weighted by atomic mass is 10.0. The molecule has 0 atom stereocenters. The van der Waals surface area contributed by atoms with E-state index in [1.165, 1.54) is 30.3 Å². The molecule has 1 aromatic heterocycles. The van der Waals surface area contributed by atoms with Crippen LogP contribution in [0.15, 0.2) is 53.9 Å². The van der Waals surface area contributed by atoms with Crippen LogP contribution >= 0.6 is 11.3 Å². The van der Waals surface area contributed by atoms with Crippen molar-refractivity contribution in [3.05, 3.63) is 76.4 Å². The summed E-state index contributed by atoms with van der Waals surface area (Å²) >= 11 is 1.01. The van der Waals surface area contributed by atoms with Gasteiger partial charge in [0.25, 0.3) is 5.91 Å². The molecule has 0 saturated heterocycles. The summed E-state index contributed by atoms with van der Waals surface area (Å²) in [5.74, 6) is -1.97. The number of anilines is 1. The molecule has 0 saturated carbocycles. The average molecular weight is 437 g/mol. The van der Waals surface area contributed by atoms with Gasteiger partial charge in [0.05, 0.1) is 12.2 Å². The Bertz CT molecular complexity index is 1070. The number of rotatable bonds is 5. The van der Waals surface area contributed by atoms with Crippen molar-refractivity contribution in [1.29, 1.82) is 0 Å². The second-order valence-electron chi connectivity index (χ2n) is 6.11. The minimum atomic E-state index is -4.59. The molecule has 1 heterocycles. The molecule has 0 bridgehead atoms. The van der Waals surface area contributed by atoms with Crippen LogP contribution < -0.4 is 5.32 Å². The normalized spacial score (nSPS) is 11.2. The standard InChI is InChI=1S/C21H15F4NO3S/c1-2-29-20(28)17-16(12-6-8-15(22)9-7-12)11-30-19(17)26-18(27)13-4-3-5-14(10-13)21(23,24)25/h3-11H,2H2,1H3,(H,26,27). The number of hydrogen-bond acceptors (Lipinski definition) is 4. The second kappa shape index (κ2) is 8.66. The Balaban J connectivity index is 1.97. The highest BCUT2D eigenvalue weighted by Crippen LogP contribution is 2.37. The molecule has 9 heteroatoms. The fourth-order valence-corrected chi connectivity index (χ4v) is 3.66. The van der Waals surface area contributed by atoms with Crippen LogP contribution in [0.3, 0.4) is 0 Å². The largest absolute Gasteiger partial charge is 0.462 e. The molecule has 0 aliphatic rings. The molecule has 0 spiro atoms. The van der Waals surface area contributed by atoms with Gasteiger partial charge < -0.3 is 10.1 Å². The highest BCUT2D eigenvalue weighted by atomic mass is 32.1. The van der Waals surface area contributed by atoms with Crippen LogP contribution in [0.2, 0.25) is 0 Å². The molecular weight excluding hydrogens is 422 g/mol. The zero-order chi connectivity index (χ0) is 21.9. The van der Waals surface area contributed by atoms with Gasteiger partial charge in [0.1, 0.15) is 16.4 Å². The fourth-order valence-electron chi connectivity index (χ4n) is 2.71. The maximum absolute atomic E-state index is 13.2. The second-order valence-corrected chi connectivity index (χ2v) is 6.99. The lowest BCUT2D eigenvalue weighted by Crippen LogP contribution is -2.16. The van der Waals surface area contributed by atoms with Crippen LogP contribution in [0.1, 0.15) is 33.2 Å². The Kier molecular flexibility index (Phi) is 6.21. The molecule has 1 amide bonds. The lowest BCUT2D eigenvalue weighted by Gasteiger charge is -2.10. The lowest BCUT2D eigenvalue weighted by molar-refractivity contribution is -0.137. The third-order valence-electron chi connectivity index (χ3n) is 4.10. The van der Waals surface area contributed by atoms with Crippen molar-refractivity contribution < 1.29 is 31.9 Å². The summed E-state index contributed by atoms with van der Waals surface area (Å²) in [5.41, 5.74) is -0.183. The number of nitrogens with one attached hydrogen (secondary N) is 1. The van der Waals surface area contributed by atoms with Crippen molar-refractivity contribution in [3.8, 4) is 11.1 Å². The van der Waals surface area contributed by atoms with E-state index in [-0.39, 0.29) is 22.7 Å². The number of amides is 1. The summed E-state index contributed by atoms with van der Waals surface area (Å²) in [5, 5.41) is 4.19. The number of thiophene rings is 1. The van der Waals surface area contributed by atoms with Gasteiger partial charge in [-0.2, -0.15) is 13.2 Å². The van der Waals surface area contributed by atoms with Crippen molar-refractivity contribution in [2.75, 3.05) is 11.9 Å². The van der Waals surface area contributed by atoms with Gasteiger partial charge in [0, 0.05) is 16.5 Å². The topological polar surface area (TPSA) is 55.4 Å². The van der Waals surface area contributed by atoms with Crippen molar-refractivity contribution in [1.82, 2.24) is 0 Å². The molecule has 0 unspecified atom stereocenters. The third kappa shape index (κ3) is 4.68. The van der Waals surface area contributed by atoms with E-state index < -0.39 is 29.4 Å². The molecule has 2 aromatic carbocycles. The molecule has 3 rings (SSSR count). The third-order valence-corrected chi connectivity index (χ3v) is 5.00. The quantitative estimate of drug-likeness (QED) is 0.393. The number of alkyl halides is 3. The molecule has 3 aromatic rings. The smallest absolute Gasteiger partial charge is 0.416 e. The van der Waals surface area contributed by atoms with E-state index >= 15 is 0 Å². The zero-order valence-electron chi connectivity index (χ0n) is 15.5. The van der Waals surface area contributed by atoms with E-state index in [9.17, 15) is 27.2 Å². The monoisotopic (exact) mass is 437 g/mol. The van der Waals surface area contributed by atoms with Gasteiger partial charge in [0.2, 0.25) is 0 Å². The average Bonchev–Trinajstić information content (AvgIpc) is 3.11. The first-order valence-electron chi connectivity index (χ1n) is 8.74. The Hall–Kier alpha value is -3.20. The summed E-state index contributed by atoms with van der Waals surface area (Å²) < 4.78 is 57.0. The summed E-state index contributed by atoms with van der Waals surface area (Å²) in [7, 11) is 0. The Labute approximate surface area is 173 Å². The van der Waals surface area contributed by atoms with Crippen LogP contribution in [0.4, 0.5) is 22.6 Å². The van der Waals surface area contributed by atoms with Crippen molar-refractivity contribution >= 4 is 28.2 Å². The van der Waals surface area contributed by atoms with E-state index in [0.29, 0.717) is 11.1 Å². The van der Waals surface area contributed by atoms with E-state index in [4.69, 9.17) is 4.74 Å². The number of benzene rings is 2. The van der Waals surface area contributed by atoms with Crippen molar-refractivity contribution in [2.45, 2.75) is 13.1 Å². The van der Waals surface area contributed by atoms with E-state index in [0.717, 1.165) is 29.5 Å². The number of esters is 1. The molecule has 156 valence electrons. The van der Waals surface area contributed by atoms with Gasteiger partial charge in [-0.3, -0.25) is 4.79 Å². The zero-order valence-corrected chi connectivity index (χ0v) is 16.4. The summed E-state index contributed by atoms with van der Waals surface area (Å²) in [6.07, 6.45) is -4.59. The van der Waals surface area contributed by atoms with Crippen LogP contribution in [-0.2, 0) is 10.9 Å². The Morgan fingerprint density at radius 3 is 2.43 bits per heavy atom. The van der Waals surface area contributed by atoms with Crippen molar-refractivity contribution in [2.24, 2.45) is 0 Å². The molecule has 1 N–H and O–H groups in total. The molecular formula is C21H15F4NO3S.